The van der Waals surface area contributed by atoms with E-state index in [4.69, 9.17) is 15.1 Å². The van der Waals surface area contributed by atoms with Crippen molar-refractivity contribution in [3.05, 3.63) is 0 Å². The highest BCUT2D eigenvalue weighted by molar-refractivity contribution is 5.80. The van der Waals surface area contributed by atoms with Crippen LogP contribution < -0.4 is 5.32 Å². The lowest BCUT2D eigenvalue weighted by atomic mass is 9.78. The number of amides is 1. The molecule has 0 rings (SSSR count). The van der Waals surface area contributed by atoms with Gasteiger partial charge in [-0.1, -0.05) is 20.8 Å². The van der Waals surface area contributed by atoms with Gasteiger partial charge in [0.25, 0.3) is 0 Å². The Labute approximate surface area is 120 Å². The average molecular weight is 284 g/mol. The Morgan fingerprint density at radius 3 is 2.05 bits per heavy atom. The van der Waals surface area contributed by atoms with Gasteiger partial charge in [0, 0.05) is 0 Å². The second-order valence-electron chi connectivity index (χ2n) is 6.82. The van der Waals surface area contributed by atoms with E-state index in [1.807, 2.05) is 20.8 Å². The molecule has 0 spiro atoms. The van der Waals surface area contributed by atoms with Crippen LogP contribution >= 0.6 is 0 Å². The van der Waals surface area contributed by atoms with Gasteiger partial charge in [-0.15, -0.1) is 0 Å². The number of carboxylic acid groups (broad SMARTS) is 1. The van der Waals surface area contributed by atoms with E-state index in [-0.39, 0.29) is 11.8 Å². The van der Waals surface area contributed by atoms with Crippen molar-refractivity contribution >= 4 is 12.1 Å². The molecule has 2 unspecified atom stereocenters. The molecule has 0 radical (unpaired) electrons. The summed E-state index contributed by atoms with van der Waals surface area (Å²) in [6.45, 7) is 10.6. The molecule has 1 amide bonds. The number of rotatable bonds is 4. The van der Waals surface area contributed by atoms with Gasteiger partial charge in [0.05, 0.1) is 12.0 Å². The summed E-state index contributed by atoms with van der Waals surface area (Å²) >= 11 is 0. The van der Waals surface area contributed by atoms with Crippen LogP contribution in [0.25, 0.3) is 0 Å². The molecule has 0 aliphatic heterocycles. The zero-order chi connectivity index (χ0) is 16.1. The minimum absolute atomic E-state index is 0.0363. The lowest BCUT2D eigenvalue weighted by Gasteiger charge is -2.28. The second-order valence-corrected chi connectivity index (χ2v) is 6.82. The molecule has 0 bridgehead atoms. The fourth-order valence-corrected chi connectivity index (χ4v) is 1.51. The van der Waals surface area contributed by atoms with E-state index in [0.717, 1.165) is 0 Å². The molecule has 6 nitrogen and oxygen atoms in total. The zero-order valence-electron chi connectivity index (χ0n) is 13.0. The van der Waals surface area contributed by atoms with E-state index < -0.39 is 29.6 Å². The first kappa shape index (κ1) is 18.2. The fraction of sp³-hybridized carbons (Fsp3) is 0.786. The normalized spacial score (nSPS) is 14.8. The predicted octanol–water partition coefficient (Wildman–Crippen LogP) is 2.54. The van der Waals surface area contributed by atoms with Gasteiger partial charge in [-0.2, -0.15) is 5.26 Å². The Hall–Kier alpha value is -1.77. The first-order chi connectivity index (χ1) is 8.86. The van der Waals surface area contributed by atoms with Gasteiger partial charge in [-0.3, -0.25) is 0 Å². The standard InChI is InChI=1S/C14H24N2O4/c1-13(2,3)9(8-15)7-10(11(17)18)16-12(19)20-14(4,5)6/h9-10H,7H2,1-6H3,(H,16,19)(H,17,18). The molecule has 0 saturated heterocycles. The molecule has 0 aliphatic carbocycles. The van der Waals surface area contributed by atoms with Gasteiger partial charge in [0.1, 0.15) is 11.6 Å². The Bertz CT molecular complexity index is 399. The number of nitriles is 1. The maximum absolute atomic E-state index is 11.6. The van der Waals surface area contributed by atoms with Crippen molar-refractivity contribution in [3.8, 4) is 6.07 Å². The van der Waals surface area contributed by atoms with E-state index in [1.54, 1.807) is 20.8 Å². The molecule has 2 atom stereocenters. The molecule has 0 aromatic heterocycles. The van der Waals surface area contributed by atoms with Gasteiger partial charge in [-0.05, 0) is 32.6 Å². The number of aliphatic carboxylic acids is 1. The first-order valence-corrected chi connectivity index (χ1v) is 6.48. The van der Waals surface area contributed by atoms with Crippen molar-refractivity contribution in [1.82, 2.24) is 5.32 Å². The highest BCUT2D eigenvalue weighted by atomic mass is 16.6. The van der Waals surface area contributed by atoms with E-state index >= 15 is 0 Å². The number of carbonyl (C=O) groups is 2. The number of hydrogen-bond donors (Lipinski definition) is 2. The van der Waals surface area contributed by atoms with Crippen molar-refractivity contribution in [2.24, 2.45) is 11.3 Å². The van der Waals surface area contributed by atoms with Gasteiger partial charge < -0.3 is 15.2 Å². The number of alkyl carbamates (subject to hydrolysis) is 1. The summed E-state index contributed by atoms with van der Waals surface area (Å²) in [5.74, 6) is -1.67. The molecule has 0 fully saturated rings. The van der Waals surface area contributed by atoms with Crippen molar-refractivity contribution in [3.63, 3.8) is 0 Å². The van der Waals surface area contributed by atoms with Gasteiger partial charge in [-0.25, -0.2) is 9.59 Å². The highest BCUT2D eigenvalue weighted by Crippen LogP contribution is 2.29. The SMILES string of the molecule is CC(C)(C)OC(=O)NC(CC(C#N)C(C)(C)C)C(=O)O. The molecule has 2 N–H and O–H groups in total. The maximum Gasteiger partial charge on any atom is 0.408 e. The third kappa shape index (κ3) is 6.98. The largest absolute Gasteiger partial charge is 0.480 e. The Balaban J connectivity index is 4.80. The summed E-state index contributed by atoms with van der Waals surface area (Å²) in [7, 11) is 0. The van der Waals surface area contributed by atoms with Crippen LogP contribution in [0.1, 0.15) is 48.0 Å². The number of carbonyl (C=O) groups excluding carboxylic acids is 1. The van der Waals surface area contributed by atoms with Crippen LogP contribution in [0.15, 0.2) is 0 Å². The number of hydrogen-bond acceptors (Lipinski definition) is 4. The third-order valence-electron chi connectivity index (χ3n) is 2.66. The zero-order valence-corrected chi connectivity index (χ0v) is 13.0. The summed E-state index contributed by atoms with van der Waals surface area (Å²) in [4.78, 5) is 22.8. The highest BCUT2D eigenvalue weighted by Gasteiger charge is 2.32. The van der Waals surface area contributed by atoms with Crippen molar-refractivity contribution in [2.45, 2.75) is 59.6 Å². The maximum atomic E-state index is 11.6. The molecular formula is C14H24N2O4. The molecule has 0 aliphatic rings. The summed E-state index contributed by atoms with van der Waals surface area (Å²) in [5, 5.41) is 20.6. The number of nitrogens with one attached hydrogen (secondary N) is 1. The molecule has 0 aromatic carbocycles. The molecule has 0 heterocycles. The van der Waals surface area contributed by atoms with Crippen LogP contribution in [0.4, 0.5) is 4.79 Å². The van der Waals surface area contributed by atoms with Crippen LogP contribution in [0.3, 0.4) is 0 Å². The summed E-state index contributed by atoms with van der Waals surface area (Å²) in [6, 6.07) is 0.949. The van der Waals surface area contributed by atoms with Crippen LogP contribution in [0.2, 0.25) is 0 Å². The Kier molecular flexibility index (Phi) is 6.01. The lowest BCUT2D eigenvalue weighted by Crippen LogP contribution is -2.45. The summed E-state index contributed by atoms with van der Waals surface area (Å²) in [6.07, 6.45) is -0.760. The minimum Gasteiger partial charge on any atom is -0.480 e. The molecule has 20 heavy (non-hydrogen) atoms. The average Bonchev–Trinajstić information content (AvgIpc) is 2.18. The summed E-state index contributed by atoms with van der Waals surface area (Å²) < 4.78 is 5.02. The predicted molar refractivity (Wildman–Crippen MR) is 74.0 cm³/mol. The number of ether oxygens (including phenoxy) is 1. The van der Waals surface area contributed by atoms with Crippen molar-refractivity contribution < 1.29 is 19.4 Å². The molecule has 0 saturated carbocycles. The molecule has 0 aromatic rings. The monoisotopic (exact) mass is 284 g/mol. The molecule has 6 heteroatoms. The van der Waals surface area contributed by atoms with Crippen LogP contribution in [0.5, 0.6) is 0 Å². The quantitative estimate of drug-likeness (QED) is 0.826. The fourth-order valence-electron chi connectivity index (χ4n) is 1.51. The number of carboxylic acids is 1. The summed E-state index contributed by atoms with van der Waals surface area (Å²) in [5.41, 5.74) is -1.07. The van der Waals surface area contributed by atoms with Gasteiger partial charge >= 0.3 is 12.1 Å². The topological polar surface area (TPSA) is 99.4 Å². The third-order valence-corrected chi connectivity index (χ3v) is 2.66. The number of nitrogens with zero attached hydrogens (tertiary/aromatic N) is 1. The Morgan fingerprint density at radius 1 is 1.25 bits per heavy atom. The second kappa shape index (κ2) is 6.60. The molecular weight excluding hydrogens is 260 g/mol. The lowest BCUT2D eigenvalue weighted by molar-refractivity contribution is -0.140. The van der Waals surface area contributed by atoms with Crippen LogP contribution in [-0.2, 0) is 9.53 Å². The van der Waals surface area contributed by atoms with Crippen molar-refractivity contribution in [1.29, 1.82) is 5.26 Å². The first-order valence-electron chi connectivity index (χ1n) is 6.48. The van der Waals surface area contributed by atoms with E-state index in [2.05, 4.69) is 11.4 Å². The molecule has 114 valence electrons. The Morgan fingerprint density at radius 2 is 1.75 bits per heavy atom. The van der Waals surface area contributed by atoms with Crippen LogP contribution in [0, 0.1) is 22.7 Å². The van der Waals surface area contributed by atoms with E-state index in [1.165, 1.54) is 0 Å². The van der Waals surface area contributed by atoms with Gasteiger partial charge in [0.2, 0.25) is 0 Å². The van der Waals surface area contributed by atoms with E-state index in [9.17, 15) is 9.59 Å². The van der Waals surface area contributed by atoms with Crippen LogP contribution in [-0.4, -0.2) is 28.8 Å². The van der Waals surface area contributed by atoms with E-state index in [0.29, 0.717) is 0 Å². The minimum atomic E-state index is -1.18. The van der Waals surface area contributed by atoms with Crippen molar-refractivity contribution in [2.75, 3.05) is 0 Å². The smallest absolute Gasteiger partial charge is 0.408 e. The van der Waals surface area contributed by atoms with Gasteiger partial charge in [0.15, 0.2) is 0 Å².